The third-order valence-electron chi connectivity index (χ3n) is 6.10. The lowest BCUT2D eigenvalue weighted by molar-refractivity contribution is -0.128. The van der Waals surface area contributed by atoms with Crippen molar-refractivity contribution in [3.8, 4) is 5.75 Å². The molecule has 0 unspecified atom stereocenters. The quantitative estimate of drug-likeness (QED) is 0.573. The fourth-order valence-electron chi connectivity index (χ4n) is 4.36. The molecular weight excluding hydrogens is 390 g/mol. The van der Waals surface area contributed by atoms with Gasteiger partial charge in [0.15, 0.2) is 5.96 Å². The molecule has 4 rings (SSSR count). The van der Waals surface area contributed by atoms with E-state index in [9.17, 15) is 9.90 Å². The van der Waals surface area contributed by atoms with Crippen LogP contribution in [-0.2, 0) is 17.9 Å². The molecule has 31 heavy (non-hydrogen) atoms. The number of carbonyl (C=O) groups is 1. The van der Waals surface area contributed by atoms with E-state index in [2.05, 4.69) is 32.2 Å². The Labute approximate surface area is 184 Å². The Bertz CT molecular complexity index is 937. The van der Waals surface area contributed by atoms with Crippen LogP contribution in [0.5, 0.6) is 5.75 Å². The van der Waals surface area contributed by atoms with Crippen molar-refractivity contribution in [1.82, 2.24) is 15.1 Å². The SMILES string of the molecule is CN=C(NCc1ccccc1CN1CCCC1=O)N1CCN(c2ccccc2O)CC1. The number of phenols is 1. The van der Waals surface area contributed by atoms with E-state index in [0.717, 1.165) is 50.8 Å². The van der Waals surface area contributed by atoms with Gasteiger partial charge in [-0.1, -0.05) is 36.4 Å². The molecule has 1 amide bonds. The average molecular weight is 422 g/mol. The maximum atomic E-state index is 12.0. The van der Waals surface area contributed by atoms with Crippen LogP contribution in [0.3, 0.4) is 0 Å². The number of nitrogens with one attached hydrogen (secondary N) is 1. The predicted molar refractivity (Wildman–Crippen MR) is 123 cm³/mol. The van der Waals surface area contributed by atoms with E-state index >= 15 is 0 Å². The number of phenolic OH excluding ortho intramolecular Hbond substituents is 1. The van der Waals surface area contributed by atoms with Crippen LogP contribution in [-0.4, -0.2) is 66.5 Å². The largest absolute Gasteiger partial charge is 0.506 e. The Morgan fingerprint density at radius 3 is 2.39 bits per heavy atom. The highest BCUT2D eigenvalue weighted by molar-refractivity contribution is 5.80. The number of nitrogens with zero attached hydrogens (tertiary/aromatic N) is 4. The number of para-hydroxylation sites is 2. The van der Waals surface area contributed by atoms with Crippen LogP contribution in [0.1, 0.15) is 24.0 Å². The zero-order chi connectivity index (χ0) is 21.6. The number of hydrogen-bond donors (Lipinski definition) is 2. The number of rotatable bonds is 5. The molecule has 2 heterocycles. The van der Waals surface area contributed by atoms with Crippen molar-refractivity contribution in [2.24, 2.45) is 4.99 Å². The van der Waals surface area contributed by atoms with Gasteiger partial charge in [-0.3, -0.25) is 9.79 Å². The molecule has 0 spiro atoms. The van der Waals surface area contributed by atoms with Gasteiger partial charge in [0.25, 0.3) is 0 Å². The first-order chi connectivity index (χ1) is 15.2. The number of anilines is 1. The number of piperazine rings is 1. The standard InChI is InChI=1S/C24H31N5O2/c1-25-24(28-15-13-27(14-16-28)21-9-4-5-10-22(21)30)26-17-19-7-2-3-8-20(19)18-29-12-6-11-23(29)31/h2-5,7-10,30H,6,11-18H2,1H3,(H,25,26). The van der Waals surface area contributed by atoms with Gasteiger partial charge >= 0.3 is 0 Å². The van der Waals surface area contributed by atoms with Gasteiger partial charge in [0.05, 0.1) is 5.69 Å². The van der Waals surface area contributed by atoms with Crippen LogP contribution in [0.25, 0.3) is 0 Å². The van der Waals surface area contributed by atoms with E-state index in [4.69, 9.17) is 0 Å². The van der Waals surface area contributed by atoms with Crippen molar-refractivity contribution >= 4 is 17.6 Å². The third kappa shape index (κ3) is 4.93. The van der Waals surface area contributed by atoms with Gasteiger partial charge < -0.3 is 25.1 Å². The number of amides is 1. The van der Waals surface area contributed by atoms with Gasteiger partial charge in [-0.25, -0.2) is 0 Å². The molecule has 2 aliphatic heterocycles. The predicted octanol–water partition coefficient (Wildman–Crippen LogP) is 2.41. The van der Waals surface area contributed by atoms with Gasteiger partial charge in [-0.15, -0.1) is 0 Å². The monoisotopic (exact) mass is 421 g/mol. The summed E-state index contributed by atoms with van der Waals surface area (Å²) in [6.45, 7) is 5.51. The number of guanidine groups is 1. The fraction of sp³-hybridized carbons (Fsp3) is 0.417. The smallest absolute Gasteiger partial charge is 0.222 e. The molecule has 2 N–H and O–H groups in total. The minimum absolute atomic E-state index is 0.251. The Morgan fingerprint density at radius 1 is 1.00 bits per heavy atom. The number of aliphatic imine (C=N–C) groups is 1. The Balaban J connectivity index is 1.35. The van der Waals surface area contributed by atoms with E-state index in [1.54, 1.807) is 6.07 Å². The summed E-state index contributed by atoms with van der Waals surface area (Å²) in [5.74, 6) is 1.46. The molecule has 7 heteroatoms. The molecule has 7 nitrogen and oxygen atoms in total. The van der Waals surface area contributed by atoms with E-state index < -0.39 is 0 Å². The van der Waals surface area contributed by atoms with Crippen LogP contribution in [0.4, 0.5) is 5.69 Å². The average Bonchev–Trinajstić information content (AvgIpc) is 3.20. The summed E-state index contributed by atoms with van der Waals surface area (Å²) < 4.78 is 0. The van der Waals surface area contributed by atoms with Gasteiger partial charge in [0.1, 0.15) is 5.75 Å². The highest BCUT2D eigenvalue weighted by Crippen LogP contribution is 2.27. The minimum atomic E-state index is 0.251. The first-order valence-electron chi connectivity index (χ1n) is 11.0. The van der Waals surface area contributed by atoms with Crippen molar-refractivity contribution in [2.75, 3.05) is 44.7 Å². The molecule has 2 aromatic rings. The first kappa shape index (κ1) is 21.0. The van der Waals surface area contributed by atoms with Crippen molar-refractivity contribution in [3.63, 3.8) is 0 Å². The molecule has 0 aromatic heterocycles. The minimum Gasteiger partial charge on any atom is -0.506 e. The topological polar surface area (TPSA) is 71.4 Å². The van der Waals surface area contributed by atoms with Gasteiger partial charge in [0.2, 0.25) is 5.91 Å². The lowest BCUT2D eigenvalue weighted by atomic mass is 10.1. The van der Waals surface area contributed by atoms with Crippen LogP contribution >= 0.6 is 0 Å². The molecule has 164 valence electrons. The lowest BCUT2D eigenvalue weighted by Crippen LogP contribution is -2.52. The zero-order valence-electron chi connectivity index (χ0n) is 18.1. The van der Waals surface area contributed by atoms with E-state index in [0.29, 0.717) is 25.3 Å². The second-order valence-electron chi connectivity index (χ2n) is 8.05. The third-order valence-corrected chi connectivity index (χ3v) is 6.10. The molecular formula is C24H31N5O2. The Kier molecular flexibility index (Phi) is 6.60. The number of hydrogen-bond acceptors (Lipinski definition) is 4. The maximum absolute atomic E-state index is 12.0. The van der Waals surface area contributed by atoms with Gasteiger partial charge in [-0.05, 0) is 29.7 Å². The van der Waals surface area contributed by atoms with Gasteiger partial charge in [-0.2, -0.15) is 0 Å². The second kappa shape index (κ2) is 9.73. The summed E-state index contributed by atoms with van der Waals surface area (Å²) in [5, 5.41) is 13.6. The van der Waals surface area contributed by atoms with Crippen LogP contribution in [0, 0.1) is 0 Å². The Hall–Kier alpha value is -3.22. The molecule has 0 bridgehead atoms. The molecule has 0 atom stereocenters. The fourth-order valence-corrected chi connectivity index (χ4v) is 4.36. The first-order valence-corrected chi connectivity index (χ1v) is 11.0. The van der Waals surface area contributed by atoms with Crippen molar-refractivity contribution < 1.29 is 9.90 Å². The summed E-state index contributed by atoms with van der Waals surface area (Å²) in [5.41, 5.74) is 3.26. The summed E-state index contributed by atoms with van der Waals surface area (Å²) >= 11 is 0. The lowest BCUT2D eigenvalue weighted by Gasteiger charge is -2.37. The molecule has 0 radical (unpaired) electrons. The highest BCUT2D eigenvalue weighted by Gasteiger charge is 2.23. The number of benzene rings is 2. The number of aromatic hydroxyl groups is 1. The second-order valence-corrected chi connectivity index (χ2v) is 8.05. The molecule has 2 aromatic carbocycles. The van der Waals surface area contributed by atoms with Gasteiger partial charge in [0, 0.05) is 59.3 Å². The summed E-state index contributed by atoms with van der Waals surface area (Å²) in [6, 6.07) is 15.8. The zero-order valence-corrected chi connectivity index (χ0v) is 18.1. The highest BCUT2D eigenvalue weighted by atomic mass is 16.3. The van der Waals surface area contributed by atoms with E-state index in [-0.39, 0.29) is 5.91 Å². The van der Waals surface area contributed by atoms with E-state index in [1.807, 2.05) is 42.3 Å². The summed E-state index contributed by atoms with van der Waals surface area (Å²) in [7, 11) is 1.81. The van der Waals surface area contributed by atoms with Crippen molar-refractivity contribution in [2.45, 2.75) is 25.9 Å². The van der Waals surface area contributed by atoms with Crippen LogP contribution in [0.2, 0.25) is 0 Å². The maximum Gasteiger partial charge on any atom is 0.222 e. The van der Waals surface area contributed by atoms with Crippen LogP contribution in [0.15, 0.2) is 53.5 Å². The van der Waals surface area contributed by atoms with Crippen molar-refractivity contribution in [3.05, 3.63) is 59.7 Å². The number of carbonyl (C=O) groups excluding carboxylic acids is 1. The Morgan fingerprint density at radius 2 is 1.71 bits per heavy atom. The molecule has 2 aliphatic rings. The van der Waals surface area contributed by atoms with Crippen LogP contribution < -0.4 is 10.2 Å². The van der Waals surface area contributed by atoms with Crippen molar-refractivity contribution in [1.29, 1.82) is 0 Å². The summed E-state index contributed by atoms with van der Waals surface area (Å²) in [4.78, 5) is 22.9. The summed E-state index contributed by atoms with van der Waals surface area (Å²) in [6.07, 6.45) is 1.62. The normalized spacial score (nSPS) is 17.4. The molecule has 2 saturated heterocycles. The molecule has 0 aliphatic carbocycles. The van der Waals surface area contributed by atoms with E-state index in [1.165, 1.54) is 11.1 Å². The number of likely N-dealkylation sites (tertiary alicyclic amines) is 1. The molecule has 0 saturated carbocycles. The molecule has 2 fully saturated rings.